The quantitative estimate of drug-likeness (QED) is 0.632. The Morgan fingerprint density at radius 3 is 2.78 bits per heavy atom. The van der Waals surface area contributed by atoms with E-state index in [9.17, 15) is 4.79 Å². The van der Waals surface area contributed by atoms with Gasteiger partial charge in [0.2, 0.25) is 0 Å². The lowest BCUT2D eigenvalue weighted by Crippen LogP contribution is -2.36. The summed E-state index contributed by atoms with van der Waals surface area (Å²) in [6, 6.07) is 7.41. The predicted octanol–water partition coefficient (Wildman–Crippen LogP) is 2.67. The van der Waals surface area contributed by atoms with Crippen LogP contribution in [0, 0.1) is 0 Å². The molecule has 0 bridgehead atoms. The molecule has 32 heavy (non-hydrogen) atoms. The van der Waals surface area contributed by atoms with E-state index in [1.165, 1.54) is 12.8 Å². The second-order valence-electron chi connectivity index (χ2n) is 8.71. The van der Waals surface area contributed by atoms with Crippen molar-refractivity contribution in [3.8, 4) is 5.75 Å². The summed E-state index contributed by atoms with van der Waals surface area (Å²) in [7, 11) is 1.62. The van der Waals surface area contributed by atoms with Gasteiger partial charge in [0, 0.05) is 18.2 Å². The minimum atomic E-state index is -0.306. The van der Waals surface area contributed by atoms with E-state index < -0.39 is 0 Å². The molecule has 2 saturated heterocycles. The molecule has 9 heteroatoms. The summed E-state index contributed by atoms with van der Waals surface area (Å²) in [5, 5.41) is 13.7. The SMILES string of the molecule is COc1ccc2cc([C@@H](c3nnnn3C[C@H]3CCCO3)N3CCCCCC3)c(=O)[nH]c2c1. The number of nitrogens with zero attached hydrogens (tertiary/aromatic N) is 5. The van der Waals surface area contributed by atoms with Crippen LogP contribution in [-0.2, 0) is 11.3 Å². The highest BCUT2D eigenvalue weighted by molar-refractivity contribution is 5.80. The molecule has 1 aromatic carbocycles. The van der Waals surface area contributed by atoms with Crippen LogP contribution in [0.3, 0.4) is 0 Å². The van der Waals surface area contributed by atoms with Gasteiger partial charge >= 0.3 is 0 Å². The van der Waals surface area contributed by atoms with Crippen molar-refractivity contribution >= 4 is 10.9 Å². The first kappa shape index (κ1) is 21.1. The van der Waals surface area contributed by atoms with Crippen LogP contribution in [0.2, 0.25) is 0 Å². The number of hydrogen-bond donors (Lipinski definition) is 1. The van der Waals surface area contributed by atoms with Crippen molar-refractivity contribution in [3.05, 3.63) is 46.0 Å². The maximum Gasteiger partial charge on any atom is 0.253 e. The summed E-state index contributed by atoms with van der Waals surface area (Å²) < 4.78 is 13.0. The third-order valence-corrected chi connectivity index (χ3v) is 6.59. The van der Waals surface area contributed by atoms with Crippen molar-refractivity contribution in [3.63, 3.8) is 0 Å². The van der Waals surface area contributed by atoms with Gasteiger partial charge in [-0.25, -0.2) is 4.68 Å². The van der Waals surface area contributed by atoms with E-state index in [2.05, 4.69) is 25.4 Å². The molecular weight excluding hydrogens is 408 g/mol. The Kier molecular flexibility index (Phi) is 6.18. The van der Waals surface area contributed by atoms with E-state index in [-0.39, 0.29) is 17.7 Å². The fraction of sp³-hybridized carbons (Fsp3) is 0.565. The molecule has 0 saturated carbocycles. The van der Waals surface area contributed by atoms with E-state index in [0.29, 0.717) is 23.7 Å². The highest BCUT2D eigenvalue weighted by Gasteiger charge is 2.31. The molecule has 3 aromatic rings. The Morgan fingerprint density at radius 2 is 2.03 bits per heavy atom. The van der Waals surface area contributed by atoms with Gasteiger partial charge in [-0.3, -0.25) is 9.69 Å². The van der Waals surface area contributed by atoms with Crippen LogP contribution in [0.15, 0.2) is 29.1 Å². The monoisotopic (exact) mass is 438 g/mol. The molecule has 0 aliphatic carbocycles. The molecule has 170 valence electrons. The summed E-state index contributed by atoms with van der Waals surface area (Å²) >= 11 is 0. The lowest BCUT2D eigenvalue weighted by molar-refractivity contribution is 0.0909. The molecular formula is C23H30N6O3. The van der Waals surface area contributed by atoms with Gasteiger partial charge in [0.15, 0.2) is 5.82 Å². The number of ether oxygens (including phenoxy) is 2. The minimum Gasteiger partial charge on any atom is -0.497 e. The molecule has 2 aromatic heterocycles. The smallest absolute Gasteiger partial charge is 0.253 e. The molecule has 9 nitrogen and oxygen atoms in total. The van der Waals surface area contributed by atoms with Gasteiger partial charge in [-0.2, -0.15) is 0 Å². The number of H-pyrrole nitrogens is 1. The molecule has 2 aliphatic heterocycles. The van der Waals surface area contributed by atoms with Gasteiger partial charge in [-0.05, 0) is 72.8 Å². The number of nitrogens with one attached hydrogen (secondary N) is 1. The van der Waals surface area contributed by atoms with Crippen LogP contribution in [0.4, 0.5) is 0 Å². The maximum absolute atomic E-state index is 13.3. The van der Waals surface area contributed by atoms with Crippen molar-refractivity contribution in [2.45, 2.75) is 57.2 Å². The van der Waals surface area contributed by atoms with Crippen molar-refractivity contribution in [1.29, 1.82) is 0 Å². The van der Waals surface area contributed by atoms with Crippen molar-refractivity contribution in [1.82, 2.24) is 30.1 Å². The van der Waals surface area contributed by atoms with Gasteiger partial charge < -0.3 is 14.5 Å². The molecule has 2 aliphatic rings. The third kappa shape index (κ3) is 4.27. The normalized spacial score (nSPS) is 21.0. The molecule has 5 rings (SSSR count). The first-order chi connectivity index (χ1) is 15.7. The number of methoxy groups -OCH3 is 1. The Labute approximate surface area is 186 Å². The molecule has 0 spiro atoms. The highest BCUT2D eigenvalue weighted by Crippen LogP contribution is 2.30. The van der Waals surface area contributed by atoms with Crippen LogP contribution in [0.5, 0.6) is 5.75 Å². The number of tetrazole rings is 1. The predicted molar refractivity (Wildman–Crippen MR) is 120 cm³/mol. The van der Waals surface area contributed by atoms with Gasteiger partial charge in [0.1, 0.15) is 11.8 Å². The van der Waals surface area contributed by atoms with Crippen molar-refractivity contribution < 1.29 is 9.47 Å². The number of hydrogen-bond acceptors (Lipinski definition) is 7. The maximum atomic E-state index is 13.3. The van der Waals surface area contributed by atoms with E-state index in [4.69, 9.17) is 9.47 Å². The molecule has 2 fully saturated rings. The lowest BCUT2D eigenvalue weighted by Gasteiger charge is -2.30. The Balaban J connectivity index is 1.59. The van der Waals surface area contributed by atoms with Gasteiger partial charge in [-0.15, -0.1) is 5.10 Å². The molecule has 0 unspecified atom stereocenters. The van der Waals surface area contributed by atoms with Gasteiger partial charge in [-0.1, -0.05) is 12.8 Å². The van der Waals surface area contributed by atoms with Crippen LogP contribution >= 0.6 is 0 Å². The summed E-state index contributed by atoms with van der Waals surface area (Å²) in [5.74, 6) is 1.42. The van der Waals surface area contributed by atoms with Crippen LogP contribution in [-0.4, -0.2) is 63.0 Å². The molecule has 4 heterocycles. The van der Waals surface area contributed by atoms with Crippen molar-refractivity contribution in [2.24, 2.45) is 0 Å². The first-order valence-electron chi connectivity index (χ1n) is 11.6. The number of pyridine rings is 1. The molecule has 0 radical (unpaired) electrons. The van der Waals surface area contributed by atoms with Crippen LogP contribution < -0.4 is 10.3 Å². The van der Waals surface area contributed by atoms with E-state index in [1.54, 1.807) is 7.11 Å². The Hall–Kier alpha value is -2.78. The highest BCUT2D eigenvalue weighted by atomic mass is 16.5. The van der Waals surface area contributed by atoms with Crippen LogP contribution in [0.1, 0.15) is 56.0 Å². The Bertz CT molecular complexity index is 1110. The number of fused-ring (bicyclic) bond motifs is 1. The zero-order valence-corrected chi connectivity index (χ0v) is 18.5. The largest absolute Gasteiger partial charge is 0.497 e. The van der Waals surface area contributed by atoms with Gasteiger partial charge in [0.25, 0.3) is 5.56 Å². The zero-order valence-electron chi connectivity index (χ0n) is 18.5. The average Bonchev–Trinajstić information content (AvgIpc) is 3.41. The topological polar surface area (TPSA) is 98.2 Å². The molecule has 0 amide bonds. The number of aromatic nitrogens is 5. The Morgan fingerprint density at radius 1 is 1.19 bits per heavy atom. The third-order valence-electron chi connectivity index (χ3n) is 6.59. The number of likely N-dealkylation sites (tertiary alicyclic amines) is 1. The summed E-state index contributed by atoms with van der Waals surface area (Å²) in [6.07, 6.45) is 6.80. The van der Waals surface area contributed by atoms with Gasteiger partial charge in [0.05, 0.1) is 25.3 Å². The second-order valence-corrected chi connectivity index (χ2v) is 8.71. The fourth-order valence-corrected chi connectivity index (χ4v) is 4.90. The standard InChI is InChI=1S/C23H30N6O3/c1-31-17-9-8-16-13-19(23(30)24-20(16)14-17)21(28-10-4-2-3-5-11-28)22-25-26-27-29(22)15-18-7-6-12-32-18/h8-9,13-14,18,21H,2-7,10-12,15H2,1H3,(H,24,30)/t18-,21+/m1/s1. The van der Waals surface area contributed by atoms with E-state index >= 15 is 0 Å². The van der Waals surface area contributed by atoms with E-state index in [1.807, 2.05) is 28.9 Å². The summed E-state index contributed by atoms with van der Waals surface area (Å²) in [4.78, 5) is 18.8. The van der Waals surface area contributed by atoms with Crippen LogP contribution in [0.25, 0.3) is 10.9 Å². The second kappa shape index (κ2) is 9.38. The molecule has 2 atom stereocenters. The zero-order chi connectivity index (χ0) is 21.9. The number of benzene rings is 1. The fourth-order valence-electron chi connectivity index (χ4n) is 4.90. The number of aromatic amines is 1. The van der Waals surface area contributed by atoms with E-state index in [0.717, 1.165) is 56.3 Å². The lowest BCUT2D eigenvalue weighted by atomic mass is 10.0. The molecule has 1 N–H and O–H groups in total. The average molecular weight is 439 g/mol. The summed E-state index contributed by atoms with van der Waals surface area (Å²) in [6.45, 7) is 3.22. The summed E-state index contributed by atoms with van der Waals surface area (Å²) in [5.41, 5.74) is 1.31. The minimum absolute atomic E-state index is 0.115. The first-order valence-corrected chi connectivity index (χ1v) is 11.6. The number of rotatable bonds is 6. The van der Waals surface area contributed by atoms with Crippen molar-refractivity contribution in [2.75, 3.05) is 26.8 Å².